The molecule has 3 atom stereocenters. The van der Waals surface area contributed by atoms with Gasteiger partial charge in [0.25, 0.3) is 0 Å². The molecule has 1 heterocycles. The number of carbonyl (C=O) groups is 1. The maximum atomic E-state index is 12.3. The average Bonchev–Trinajstić information content (AvgIpc) is 3.23. The summed E-state index contributed by atoms with van der Waals surface area (Å²) in [4.78, 5) is 24.6. The Balaban J connectivity index is 2.33. The first-order valence-corrected chi connectivity index (χ1v) is 14.1. The van der Waals surface area contributed by atoms with Crippen molar-refractivity contribution in [3.8, 4) is 0 Å². The van der Waals surface area contributed by atoms with Crippen LogP contribution in [0.15, 0.2) is 28.3 Å². The van der Waals surface area contributed by atoms with Gasteiger partial charge in [0, 0.05) is 24.7 Å². The van der Waals surface area contributed by atoms with Gasteiger partial charge in [0.15, 0.2) is 5.71 Å². The van der Waals surface area contributed by atoms with Gasteiger partial charge in [-0.15, -0.1) is 0 Å². The van der Waals surface area contributed by atoms with E-state index in [4.69, 9.17) is 9.83 Å². The molecule has 0 aliphatic carbocycles. The van der Waals surface area contributed by atoms with Gasteiger partial charge in [0.2, 0.25) is 0 Å². The van der Waals surface area contributed by atoms with E-state index in [0.29, 0.717) is 23.3 Å². The van der Waals surface area contributed by atoms with Gasteiger partial charge in [-0.3, -0.25) is 0 Å². The van der Waals surface area contributed by atoms with Crippen molar-refractivity contribution in [3.05, 3.63) is 23.8 Å². The Morgan fingerprint density at radius 2 is 1.54 bits per heavy atom. The minimum atomic E-state index is -0.450. The van der Waals surface area contributed by atoms with Crippen LogP contribution in [0.3, 0.4) is 0 Å². The highest BCUT2D eigenvalue weighted by Gasteiger charge is 2.31. The van der Waals surface area contributed by atoms with E-state index in [-0.39, 0.29) is 5.92 Å². The molecule has 1 aliphatic rings. The number of rotatable bonds is 16. The van der Waals surface area contributed by atoms with E-state index in [0.717, 1.165) is 30.8 Å². The Morgan fingerprint density at radius 1 is 0.943 bits per heavy atom. The molecule has 5 heteroatoms. The number of hydrogen-bond donors (Lipinski definition) is 0. The number of unbranched alkanes of at least 4 members (excludes halogenated alkanes) is 2. The molecule has 3 unspecified atom stereocenters. The van der Waals surface area contributed by atoms with Crippen LogP contribution in [0.1, 0.15) is 105 Å². The number of carbonyl (C=O) groups excluding carboxylic acids is 1. The number of aryl methyl sites for hydroxylation is 1. The van der Waals surface area contributed by atoms with E-state index in [1.165, 1.54) is 57.1 Å². The van der Waals surface area contributed by atoms with Crippen molar-refractivity contribution in [2.45, 2.75) is 106 Å². The molecule has 0 fully saturated rings. The molecule has 0 N–H and O–H groups in total. The maximum absolute atomic E-state index is 12.3. The summed E-state index contributed by atoms with van der Waals surface area (Å²) in [7, 11) is 0. The van der Waals surface area contributed by atoms with Crippen molar-refractivity contribution < 1.29 is 9.63 Å². The Morgan fingerprint density at radius 3 is 2.03 bits per heavy atom. The van der Waals surface area contributed by atoms with Gasteiger partial charge in [-0.25, -0.2) is 9.79 Å². The predicted octanol–water partition coefficient (Wildman–Crippen LogP) is 8.27. The number of oxime groups is 1. The molecule has 0 radical (unpaired) electrons. The van der Waals surface area contributed by atoms with Gasteiger partial charge in [-0.1, -0.05) is 85.2 Å². The van der Waals surface area contributed by atoms with Gasteiger partial charge in [-0.05, 0) is 61.8 Å². The molecular formula is C30H49N3O2. The standard InChI is InChI=1S/C30H49N3O2/c1-8-13-15-24(11-4)20-33(21-25(12-5)16-14-9-2)26-17-18-27(23(7)19-26)31-29-28(22(6)10-3)32-35-30(29)34/h17-19,22,24-25H,8-16,20-21H2,1-7H3. The van der Waals surface area contributed by atoms with Crippen molar-refractivity contribution in [1.29, 1.82) is 0 Å². The molecule has 0 spiro atoms. The highest BCUT2D eigenvalue weighted by molar-refractivity contribution is 6.67. The van der Waals surface area contributed by atoms with Crippen LogP contribution in [0.25, 0.3) is 0 Å². The Bertz CT molecular complexity index is 843. The van der Waals surface area contributed by atoms with Gasteiger partial charge in [0.1, 0.15) is 5.71 Å². The zero-order valence-corrected chi connectivity index (χ0v) is 23.4. The van der Waals surface area contributed by atoms with E-state index in [2.05, 4.69) is 76.7 Å². The third-order valence-electron chi connectivity index (χ3n) is 7.56. The minimum Gasteiger partial charge on any atom is -0.371 e. The van der Waals surface area contributed by atoms with Crippen LogP contribution in [-0.4, -0.2) is 30.5 Å². The summed E-state index contributed by atoms with van der Waals surface area (Å²) in [5, 5.41) is 4.00. The van der Waals surface area contributed by atoms with Crippen LogP contribution in [0, 0.1) is 24.7 Å². The Hall–Kier alpha value is -2.17. The van der Waals surface area contributed by atoms with E-state index >= 15 is 0 Å². The third-order valence-corrected chi connectivity index (χ3v) is 7.56. The average molecular weight is 484 g/mol. The van der Waals surface area contributed by atoms with Crippen molar-refractivity contribution in [3.63, 3.8) is 0 Å². The van der Waals surface area contributed by atoms with Crippen LogP contribution in [0.5, 0.6) is 0 Å². The predicted molar refractivity (Wildman–Crippen MR) is 150 cm³/mol. The second kappa shape index (κ2) is 15.1. The third kappa shape index (κ3) is 8.47. The highest BCUT2D eigenvalue weighted by Crippen LogP contribution is 2.29. The highest BCUT2D eigenvalue weighted by atomic mass is 16.7. The number of hydrogen-bond acceptors (Lipinski definition) is 5. The smallest absolute Gasteiger partial charge is 0.371 e. The Kier molecular flexibility index (Phi) is 12.5. The molecule has 0 saturated carbocycles. The van der Waals surface area contributed by atoms with Gasteiger partial charge in [-0.2, -0.15) is 0 Å². The summed E-state index contributed by atoms with van der Waals surface area (Å²) in [6, 6.07) is 6.50. The molecule has 196 valence electrons. The molecule has 1 aromatic rings. The fourth-order valence-corrected chi connectivity index (χ4v) is 4.73. The summed E-state index contributed by atoms with van der Waals surface area (Å²) in [5.74, 6) is 1.11. The summed E-state index contributed by atoms with van der Waals surface area (Å²) < 4.78 is 0. The lowest BCUT2D eigenvalue weighted by molar-refractivity contribution is -0.134. The zero-order valence-electron chi connectivity index (χ0n) is 23.4. The molecule has 0 saturated heterocycles. The quantitative estimate of drug-likeness (QED) is 0.222. The molecule has 1 aromatic carbocycles. The number of benzene rings is 1. The van der Waals surface area contributed by atoms with E-state index < -0.39 is 5.97 Å². The van der Waals surface area contributed by atoms with E-state index in [1.54, 1.807) is 0 Å². The van der Waals surface area contributed by atoms with Crippen molar-refractivity contribution >= 4 is 28.8 Å². The molecule has 35 heavy (non-hydrogen) atoms. The SMILES string of the molecule is CCCCC(CC)CN(CC(CC)CCCC)c1ccc(N=C2C(=O)ON=C2C(C)CC)c(C)c1. The largest absolute Gasteiger partial charge is 0.385 e. The van der Waals surface area contributed by atoms with Crippen LogP contribution in [-0.2, 0) is 9.63 Å². The molecule has 5 nitrogen and oxygen atoms in total. The second-order valence-electron chi connectivity index (χ2n) is 10.3. The molecule has 0 bridgehead atoms. The second-order valence-corrected chi connectivity index (χ2v) is 10.3. The van der Waals surface area contributed by atoms with Crippen molar-refractivity contribution in [2.75, 3.05) is 18.0 Å². The summed E-state index contributed by atoms with van der Waals surface area (Å²) in [6.45, 7) is 17.6. The fourth-order valence-electron chi connectivity index (χ4n) is 4.73. The fraction of sp³-hybridized carbons (Fsp3) is 0.700. The molecule has 0 amide bonds. The molecule has 1 aliphatic heterocycles. The van der Waals surface area contributed by atoms with E-state index in [1.807, 2.05) is 0 Å². The van der Waals surface area contributed by atoms with Crippen LogP contribution < -0.4 is 4.90 Å². The van der Waals surface area contributed by atoms with Gasteiger partial charge in [0.05, 0.1) is 5.69 Å². The van der Waals surface area contributed by atoms with Gasteiger partial charge < -0.3 is 9.74 Å². The van der Waals surface area contributed by atoms with Crippen LogP contribution >= 0.6 is 0 Å². The lowest BCUT2D eigenvalue weighted by Gasteiger charge is -2.33. The topological polar surface area (TPSA) is 54.3 Å². The first-order chi connectivity index (χ1) is 16.9. The molecule has 2 rings (SSSR count). The first kappa shape index (κ1) is 29.1. The monoisotopic (exact) mass is 483 g/mol. The molecular weight excluding hydrogens is 434 g/mol. The lowest BCUT2D eigenvalue weighted by Crippen LogP contribution is -2.34. The maximum Gasteiger partial charge on any atom is 0.385 e. The zero-order chi connectivity index (χ0) is 25.8. The van der Waals surface area contributed by atoms with Crippen LogP contribution in [0.4, 0.5) is 11.4 Å². The Labute approximate surface area is 214 Å². The van der Waals surface area contributed by atoms with E-state index in [9.17, 15) is 4.79 Å². The molecule has 0 aromatic heterocycles. The number of aliphatic imine (C=N–C) groups is 1. The number of anilines is 1. The summed E-state index contributed by atoms with van der Waals surface area (Å²) in [5.41, 5.74) is 4.16. The summed E-state index contributed by atoms with van der Waals surface area (Å²) in [6.07, 6.45) is 11.0. The van der Waals surface area contributed by atoms with Crippen molar-refractivity contribution in [2.24, 2.45) is 27.9 Å². The minimum absolute atomic E-state index is 0.137. The van der Waals surface area contributed by atoms with Gasteiger partial charge >= 0.3 is 5.97 Å². The first-order valence-electron chi connectivity index (χ1n) is 14.1. The van der Waals surface area contributed by atoms with Crippen molar-refractivity contribution in [1.82, 2.24) is 0 Å². The normalized spacial score (nSPS) is 17.3. The lowest BCUT2D eigenvalue weighted by atomic mass is 9.95. The summed E-state index contributed by atoms with van der Waals surface area (Å²) >= 11 is 0. The number of nitrogens with zero attached hydrogens (tertiary/aromatic N) is 3. The van der Waals surface area contributed by atoms with Crippen LogP contribution in [0.2, 0.25) is 0 Å².